The lowest BCUT2D eigenvalue weighted by molar-refractivity contribution is -0.0632. The second-order valence-corrected chi connectivity index (χ2v) is 5.38. The Balaban J connectivity index is 1.86. The minimum absolute atomic E-state index is 0.135. The van der Waals surface area contributed by atoms with Crippen molar-refractivity contribution in [3.63, 3.8) is 0 Å². The summed E-state index contributed by atoms with van der Waals surface area (Å²) in [5.41, 5.74) is -0.0997. The van der Waals surface area contributed by atoms with Gasteiger partial charge in [0.2, 0.25) is 0 Å². The lowest BCUT2D eigenvalue weighted by Crippen LogP contribution is -2.50. The number of benzene rings is 1. The molecule has 7 heteroatoms. The first-order chi connectivity index (χ1) is 11.2. The van der Waals surface area contributed by atoms with Crippen LogP contribution in [0, 0.1) is 0 Å². The number of aromatic nitrogens is 2. The maximum Gasteiger partial charge on any atom is 0.272 e. The van der Waals surface area contributed by atoms with Crippen LogP contribution in [0.2, 0.25) is 0 Å². The smallest absolute Gasteiger partial charge is 0.272 e. The number of rotatable bonds is 4. The summed E-state index contributed by atoms with van der Waals surface area (Å²) >= 11 is 0. The summed E-state index contributed by atoms with van der Waals surface area (Å²) in [5, 5.41) is 10.2. The molecule has 0 radical (unpaired) electrons. The SMILES string of the molecule is CCOC1COCCC1NC(=O)c1n[nH]c(=O)c2ccccc12. The van der Waals surface area contributed by atoms with Crippen LogP contribution in [0.5, 0.6) is 0 Å². The van der Waals surface area contributed by atoms with Crippen LogP contribution in [0.4, 0.5) is 0 Å². The monoisotopic (exact) mass is 317 g/mol. The third-order valence-electron chi connectivity index (χ3n) is 3.91. The Bertz CT molecular complexity index is 756. The van der Waals surface area contributed by atoms with Crippen LogP contribution in [0.1, 0.15) is 23.8 Å². The van der Waals surface area contributed by atoms with Gasteiger partial charge in [-0.05, 0) is 19.4 Å². The zero-order valence-electron chi connectivity index (χ0n) is 12.9. The van der Waals surface area contributed by atoms with E-state index in [1.807, 2.05) is 6.92 Å². The summed E-state index contributed by atoms with van der Waals surface area (Å²) in [7, 11) is 0. The van der Waals surface area contributed by atoms with Crippen molar-refractivity contribution in [1.82, 2.24) is 15.5 Å². The summed E-state index contributed by atoms with van der Waals surface area (Å²) in [5.74, 6) is -0.325. The molecule has 2 unspecified atom stereocenters. The summed E-state index contributed by atoms with van der Waals surface area (Å²) in [4.78, 5) is 24.4. The number of carbonyl (C=O) groups is 1. The molecule has 1 aliphatic rings. The van der Waals surface area contributed by atoms with Gasteiger partial charge in [0.25, 0.3) is 11.5 Å². The Morgan fingerprint density at radius 3 is 3.00 bits per heavy atom. The van der Waals surface area contributed by atoms with E-state index in [9.17, 15) is 9.59 Å². The van der Waals surface area contributed by atoms with Crippen molar-refractivity contribution in [2.45, 2.75) is 25.5 Å². The molecule has 2 atom stereocenters. The highest BCUT2D eigenvalue weighted by molar-refractivity contribution is 6.04. The van der Waals surface area contributed by atoms with Crippen molar-refractivity contribution in [3.05, 3.63) is 40.3 Å². The van der Waals surface area contributed by atoms with Gasteiger partial charge < -0.3 is 14.8 Å². The summed E-state index contributed by atoms with van der Waals surface area (Å²) < 4.78 is 11.0. The predicted molar refractivity (Wildman–Crippen MR) is 84.5 cm³/mol. The standard InChI is InChI=1S/C16H19N3O4/c1-2-23-13-9-22-8-7-12(13)17-16(21)14-10-5-3-4-6-11(10)15(20)19-18-14/h3-6,12-13H,2,7-9H2,1H3,(H,17,21)(H,19,20). The van der Waals surface area contributed by atoms with E-state index in [1.165, 1.54) is 0 Å². The van der Waals surface area contributed by atoms with E-state index >= 15 is 0 Å². The number of fused-ring (bicyclic) bond motifs is 1. The van der Waals surface area contributed by atoms with Gasteiger partial charge in [-0.15, -0.1) is 0 Å². The first kappa shape index (κ1) is 15.6. The fourth-order valence-corrected chi connectivity index (χ4v) is 2.78. The molecule has 0 aliphatic carbocycles. The van der Waals surface area contributed by atoms with Crippen LogP contribution in [-0.2, 0) is 9.47 Å². The summed E-state index contributed by atoms with van der Waals surface area (Å²) in [6.45, 7) is 3.50. The zero-order chi connectivity index (χ0) is 16.2. The van der Waals surface area contributed by atoms with Gasteiger partial charge in [-0.25, -0.2) is 5.10 Å². The van der Waals surface area contributed by atoms with Crippen molar-refractivity contribution in [2.75, 3.05) is 19.8 Å². The minimum atomic E-state index is -0.325. The quantitative estimate of drug-likeness (QED) is 0.872. The fraction of sp³-hybridized carbons (Fsp3) is 0.438. The maximum atomic E-state index is 12.6. The number of amides is 1. The van der Waals surface area contributed by atoms with E-state index in [-0.39, 0.29) is 29.3 Å². The second-order valence-electron chi connectivity index (χ2n) is 5.38. The van der Waals surface area contributed by atoms with Crippen LogP contribution in [0.25, 0.3) is 10.8 Å². The van der Waals surface area contributed by atoms with Crippen molar-refractivity contribution in [3.8, 4) is 0 Å². The van der Waals surface area contributed by atoms with Gasteiger partial charge >= 0.3 is 0 Å². The molecular weight excluding hydrogens is 298 g/mol. The topological polar surface area (TPSA) is 93.3 Å². The molecule has 23 heavy (non-hydrogen) atoms. The van der Waals surface area contributed by atoms with Gasteiger partial charge in [0.1, 0.15) is 6.10 Å². The minimum Gasteiger partial charge on any atom is -0.379 e. The molecule has 2 N–H and O–H groups in total. The molecular formula is C16H19N3O4. The second kappa shape index (κ2) is 6.89. The van der Waals surface area contributed by atoms with Crippen LogP contribution >= 0.6 is 0 Å². The van der Waals surface area contributed by atoms with Crippen molar-refractivity contribution < 1.29 is 14.3 Å². The highest BCUT2D eigenvalue weighted by Crippen LogP contribution is 2.15. The molecule has 0 bridgehead atoms. The number of H-pyrrole nitrogens is 1. The van der Waals surface area contributed by atoms with Gasteiger partial charge in [0.05, 0.1) is 18.0 Å². The lowest BCUT2D eigenvalue weighted by atomic mass is 10.1. The predicted octanol–water partition coefficient (Wildman–Crippen LogP) is 0.847. The van der Waals surface area contributed by atoms with E-state index < -0.39 is 0 Å². The average molecular weight is 317 g/mol. The molecule has 7 nitrogen and oxygen atoms in total. The van der Waals surface area contributed by atoms with E-state index in [1.54, 1.807) is 24.3 Å². The molecule has 1 aliphatic heterocycles. The Labute approximate surface area is 133 Å². The lowest BCUT2D eigenvalue weighted by Gasteiger charge is -2.31. The van der Waals surface area contributed by atoms with Gasteiger partial charge in [-0.1, -0.05) is 18.2 Å². The largest absolute Gasteiger partial charge is 0.379 e. The van der Waals surface area contributed by atoms with Gasteiger partial charge in [-0.3, -0.25) is 9.59 Å². The molecule has 1 aromatic carbocycles. The van der Waals surface area contributed by atoms with Crippen LogP contribution in [0.3, 0.4) is 0 Å². The van der Waals surface area contributed by atoms with Crippen LogP contribution < -0.4 is 10.9 Å². The van der Waals surface area contributed by atoms with Crippen LogP contribution in [0.15, 0.2) is 29.1 Å². The van der Waals surface area contributed by atoms with E-state index in [2.05, 4.69) is 15.5 Å². The molecule has 1 saturated heterocycles. The Morgan fingerprint density at radius 1 is 1.43 bits per heavy atom. The van der Waals surface area contributed by atoms with Crippen molar-refractivity contribution in [1.29, 1.82) is 0 Å². The summed E-state index contributed by atoms with van der Waals surface area (Å²) in [6.07, 6.45) is 0.504. The molecule has 1 fully saturated rings. The molecule has 0 saturated carbocycles. The highest BCUT2D eigenvalue weighted by Gasteiger charge is 2.28. The van der Waals surface area contributed by atoms with Crippen molar-refractivity contribution >= 4 is 16.7 Å². The Hall–Kier alpha value is -2.25. The Kier molecular flexibility index (Phi) is 4.68. The number of aromatic amines is 1. The highest BCUT2D eigenvalue weighted by atomic mass is 16.5. The number of hydrogen-bond acceptors (Lipinski definition) is 5. The maximum absolute atomic E-state index is 12.6. The van der Waals surface area contributed by atoms with E-state index in [0.29, 0.717) is 37.0 Å². The molecule has 3 rings (SSSR count). The first-order valence-electron chi connectivity index (χ1n) is 7.68. The van der Waals surface area contributed by atoms with Gasteiger partial charge in [-0.2, -0.15) is 5.10 Å². The number of carbonyl (C=O) groups excluding carboxylic acids is 1. The molecule has 122 valence electrons. The third kappa shape index (κ3) is 3.25. The number of nitrogens with zero attached hydrogens (tertiary/aromatic N) is 1. The molecule has 2 aromatic rings. The molecule has 1 aromatic heterocycles. The first-order valence-corrected chi connectivity index (χ1v) is 7.68. The number of ether oxygens (including phenoxy) is 2. The zero-order valence-corrected chi connectivity index (χ0v) is 12.9. The summed E-state index contributed by atoms with van der Waals surface area (Å²) in [6, 6.07) is 6.78. The van der Waals surface area contributed by atoms with Crippen molar-refractivity contribution in [2.24, 2.45) is 0 Å². The third-order valence-corrected chi connectivity index (χ3v) is 3.91. The number of nitrogens with one attached hydrogen (secondary N) is 2. The van der Waals surface area contributed by atoms with E-state index in [0.717, 1.165) is 0 Å². The molecule has 1 amide bonds. The molecule has 0 spiro atoms. The van der Waals surface area contributed by atoms with Gasteiger partial charge in [0, 0.05) is 18.6 Å². The average Bonchev–Trinajstić information content (AvgIpc) is 2.57. The fourth-order valence-electron chi connectivity index (χ4n) is 2.78. The number of hydrogen-bond donors (Lipinski definition) is 2. The normalized spacial score (nSPS) is 21.3. The van der Waals surface area contributed by atoms with E-state index in [4.69, 9.17) is 9.47 Å². The van der Waals surface area contributed by atoms with Gasteiger partial charge in [0.15, 0.2) is 5.69 Å². The molecule has 2 heterocycles. The van der Waals surface area contributed by atoms with Crippen LogP contribution in [-0.4, -0.2) is 48.1 Å². The Morgan fingerprint density at radius 2 is 2.22 bits per heavy atom.